The van der Waals surface area contributed by atoms with Crippen LogP contribution in [0.4, 0.5) is 0 Å². The van der Waals surface area contributed by atoms with E-state index in [1.54, 1.807) is 31.4 Å². The Morgan fingerprint density at radius 2 is 2.17 bits per heavy atom. The van der Waals surface area contributed by atoms with Crippen molar-refractivity contribution in [2.45, 2.75) is 52.7 Å². The van der Waals surface area contributed by atoms with Crippen LogP contribution in [0.5, 0.6) is 11.5 Å². The lowest BCUT2D eigenvalue weighted by Crippen LogP contribution is -2.23. The Balaban J connectivity index is 1.45. The Kier molecular flexibility index (Phi) is 5.11. The van der Waals surface area contributed by atoms with Crippen LogP contribution in [0.2, 0.25) is 0 Å². The highest BCUT2D eigenvalue weighted by Crippen LogP contribution is 2.71. The number of carbonyl (C=O) groups excluding carboxylic acids is 1. The fraction of sp³-hybridized carbons (Fsp3) is 0.522. The van der Waals surface area contributed by atoms with E-state index < -0.39 is 6.10 Å². The quantitative estimate of drug-likeness (QED) is 0.716. The molecule has 1 aromatic heterocycles. The number of nitrogens with one attached hydrogen (secondary N) is 1. The number of benzene rings is 1. The highest BCUT2D eigenvalue weighted by atomic mass is 32.1. The monoisotopic (exact) mass is 415 g/mol. The second-order valence-corrected chi connectivity index (χ2v) is 10.0. The van der Waals surface area contributed by atoms with Crippen LogP contribution < -0.4 is 14.8 Å². The van der Waals surface area contributed by atoms with Gasteiger partial charge in [-0.15, -0.1) is 11.3 Å². The molecule has 1 unspecified atom stereocenters. The van der Waals surface area contributed by atoms with E-state index in [1.807, 2.05) is 12.1 Å². The van der Waals surface area contributed by atoms with Crippen LogP contribution in [0, 0.1) is 18.3 Å². The van der Waals surface area contributed by atoms with Gasteiger partial charge in [-0.1, -0.05) is 13.8 Å². The van der Waals surface area contributed by atoms with E-state index in [2.05, 4.69) is 26.1 Å². The van der Waals surface area contributed by atoms with Gasteiger partial charge in [0.1, 0.15) is 18.1 Å². The molecule has 4 rings (SSSR count). The van der Waals surface area contributed by atoms with E-state index in [0.717, 1.165) is 16.9 Å². The molecule has 2 aliphatic rings. The Morgan fingerprint density at radius 1 is 1.41 bits per heavy atom. The topological polar surface area (TPSA) is 67.8 Å². The first-order valence-electron chi connectivity index (χ1n) is 10.1. The lowest BCUT2D eigenvalue weighted by atomic mass is 9.95. The number of rotatable bonds is 7. The third-order valence-electron chi connectivity index (χ3n) is 6.41. The van der Waals surface area contributed by atoms with Gasteiger partial charge in [0.25, 0.3) is 5.91 Å². The number of aryl methyl sites for hydroxylation is 1. The van der Waals surface area contributed by atoms with E-state index in [1.165, 1.54) is 16.0 Å². The molecular formula is C23H29NO4S. The normalized spacial score (nSPS) is 21.9. The third-order valence-corrected chi connectivity index (χ3v) is 7.58. The molecule has 3 atom stereocenters. The highest BCUT2D eigenvalue weighted by molar-refractivity contribution is 7.14. The van der Waals surface area contributed by atoms with Crippen molar-refractivity contribution in [1.82, 2.24) is 5.32 Å². The van der Waals surface area contributed by atoms with Crippen molar-refractivity contribution in [3.05, 3.63) is 44.6 Å². The fourth-order valence-electron chi connectivity index (χ4n) is 4.75. The van der Waals surface area contributed by atoms with Crippen molar-refractivity contribution < 1.29 is 19.4 Å². The predicted octanol–water partition coefficient (Wildman–Crippen LogP) is 4.05. The maximum Gasteiger partial charge on any atom is 0.261 e. The molecule has 1 amide bonds. The summed E-state index contributed by atoms with van der Waals surface area (Å²) in [5.74, 6) is 2.61. The summed E-state index contributed by atoms with van der Waals surface area (Å²) in [6.45, 7) is 9.11. The summed E-state index contributed by atoms with van der Waals surface area (Å²) in [5.41, 5.74) is 3.98. The summed E-state index contributed by atoms with van der Waals surface area (Å²) in [7, 11) is 1.60. The minimum absolute atomic E-state index is 0.00468. The summed E-state index contributed by atoms with van der Waals surface area (Å²) in [6, 6.07) is 5.50. The number of aliphatic hydroxyl groups excluding tert-OH is 1. The maximum absolute atomic E-state index is 12.9. The highest BCUT2D eigenvalue weighted by Gasteiger charge is 2.63. The van der Waals surface area contributed by atoms with Crippen molar-refractivity contribution in [2.24, 2.45) is 11.3 Å². The van der Waals surface area contributed by atoms with Crippen molar-refractivity contribution in [3.8, 4) is 11.5 Å². The van der Waals surface area contributed by atoms with E-state index in [9.17, 15) is 9.90 Å². The lowest BCUT2D eigenvalue weighted by molar-refractivity contribution is 0.0953. The number of ether oxygens (including phenoxy) is 2. The Hall–Kier alpha value is -2.05. The molecule has 0 bridgehead atoms. The van der Waals surface area contributed by atoms with Gasteiger partial charge in [-0.05, 0) is 60.8 Å². The van der Waals surface area contributed by atoms with Gasteiger partial charge in [0, 0.05) is 23.1 Å². The third kappa shape index (κ3) is 3.53. The predicted molar refractivity (Wildman–Crippen MR) is 114 cm³/mol. The first-order chi connectivity index (χ1) is 13.7. The number of hydrogen-bond acceptors (Lipinski definition) is 5. The van der Waals surface area contributed by atoms with E-state index in [4.69, 9.17) is 9.47 Å². The van der Waals surface area contributed by atoms with Gasteiger partial charge in [-0.2, -0.15) is 0 Å². The fourth-order valence-corrected chi connectivity index (χ4v) is 5.90. The Morgan fingerprint density at radius 3 is 2.86 bits per heavy atom. The van der Waals surface area contributed by atoms with Gasteiger partial charge in [0.2, 0.25) is 0 Å². The van der Waals surface area contributed by atoms with Gasteiger partial charge in [0.05, 0.1) is 18.1 Å². The summed E-state index contributed by atoms with van der Waals surface area (Å²) in [5, 5.41) is 12.4. The van der Waals surface area contributed by atoms with Gasteiger partial charge in [0.15, 0.2) is 0 Å². The molecule has 1 saturated carbocycles. The smallest absolute Gasteiger partial charge is 0.261 e. The Bertz CT molecular complexity index is 947. The van der Waals surface area contributed by atoms with Gasteiger partial charge >= 0.3 is 0 Å². The number of hydrogen-bond donors (Lipinski definition) is 2. The number of carbonyl (C=O) groups is 1. The van der Waals surface area contributed by atoms with Crippen LogP contribution >= 0.6 is 11.3 Å². The van der Waals surface area contributed by atoms with E-state index >= 15 is 0 Å². The van der Waals surface area contributed by atoms with Crippen molar-refractivity contribution in [1.29, 1.82) is 0 Å². The standard InChI is InChI=1S/C23H29NO4S/c1-12(25)11-28-15-7-6-14(18(8-15)27-5)10-24-22(26)21-16-9-17-20(23(17,3)4)19(16)13(2)29-21/h6-8,12,17,20,25H,9-11H2,1-5H3,(H,24,26)/t12?,17-,20-/m1/s1. The molecule has 1 fully saturated rings. The zero-order valence-electron chi connectivity index (χ0n) is 17.7. The average Bonchev–Trinajstić information content (AvgIpc) is 3.02. The van der Waals surface area contributed by atoms with Crippen LogP contribution in [0.25, 0.3) is 0 Å². The first kappa shape index (κ1) is 20.2. The van der Waals surface area contributed by atoms with Crippen LogP contribution in [-0.2, 0) is 13.0 Å². The van der Waals surface area contributed by atoms with Gasteiger partial charge in [-0.3, -0.25) is 4.79 Å². The van der Waals surface area contributed by atoms with Crippen LogP contribution in [0.3, 0.4) is 0 Å². The summed E-state index contributed by atoms with van der Waals surface area (Å²) in [6.07, 6.45) is 0.492. The van der Waals surface area contributed by atoms with Crippen molar-refractivity contribution in [3.63, 3.8) is 0 Å². The molecule has 5 nitrogen and oxygen atoms in total. The molecule has 1 aromatic carbocycles. The van der Waals surface area contributed by atoms with Crippen molar-refractivity contribution in [2.75, 3.05) is 13.7 Å². The zero-order chi connectivity index (χ0) is 20.9. The van der Waals surface area contributed by atoms with Crippen LogP contribution in [-0.4, -0.2) is 30.8 Å². The SMILES string of the molecule is COc1cc(OCC(C)O)ccc1CNC(=O)c1sc(C)c2c1C[C@@H]1[C@H]2C1(C)C. The van der Waals surface area contributed by atoms with Gasteiger partial charge < -0.3 is 19.9 Å². The summed E-state index contributed by atoms with van der Waals surface area (Å²) < 4.78 is 11.0. The molecule has 0 saturated heterocycles. The summed E-state index contributed by atoms with van der Waals surface area (Å²) >= 11 is 1.63. The number of amides is 1. The van der Waals surface area contributed by atoms with E-state index in [-0.39, 0.29) is 12.5 Å². The average molecular weight is 416 g/mol. The molecule has 6 heteroatoms. The van der Waals surface area contributed by atoms with E-state index in [0.29, 0.717) is 35.3 Å². The Labute approximate surface area is 176 Å². The molecule has 156 valence electrons. The number of thiophene rings is 1. The molecule has 1 heterocycles. The minimum atomic E-state index is -0.535. The summed E-state index contributed by atoms with van der Waals surface area (Å²) in [4.78, 5) is 15.1. The molecule has 0 aliphatic heterocycles. The molecule has 2 N–H and O–H groups in total. The minimum Gasteiger partial charge on any atom is -0.496 e. The molecule has 0 radical (unpaired) electrons. The zero-order valence-corrected chi connectivity index (χ0v) is 18.5. The molecule has 29 heavy (non-hydrogen) atoms. The molecule has 0 spiro atoms. The van der Waals surface area contributed by atoms with Crippen molar-refractivity contribution >= 4 is 17.2 Å². The second-order valence-electron chi connectivity index (χ2n) is 8.81. The first-order valence-corrected chi connectivity index (χ1v) is 10.9. The van der Waals surface area contributed by atoms with Gasteiger partial charge in [-0.25, -0.2) is 0 Å². The lowest BCUT2D eigenvalue weighted by Gasteiger charge is -2.14. The molecular weight excluding hydrogens is 386 g/mol. The molecule has 2 aliphatic carbocycles. The van der Waals surface area contributed by atoms with Crippen LogP contribution in [0.15, 0.2) is 18.2 Å². The number of methoxy groups -OCH3 is 1. The number of aliphatic hydroxyl groups is 1. The maximum atomic E-state index is 12.9. The molecule has 2 aromatic rings. The van der Waals surface area contributed by atoms with Crippen LogP contribution in [0.1, 0.15) is 57.9 Å². The number of fused-ring (bicyclic) bond motifs is 3. The second kappa shape index (κ2) is 7.33. The largest absolute Gasteiger partial charge is 0.496 e.